The van der Waals surface area contributed by atoms with Gasteiger partial charge in [-0.1, -0.05) is 24.3 Å². The Hall–Kier alpha value is -2.49. The fraction of sp³-hybridized carbons (Fsp3) is 0.400. The molecule has 1 aliphatic heterocycles. The third-order valence-electron chi connectivity index (χ3n) is 4.76. The zero-order valence-electron chi connectivity index (χ0n) is 16.7. The van der Waals surface area contributed by atoms with Gasteiger partial charge < -0.3 is 15.0 Å². The van der Waals surface area contributed by atoms with E-state index in [4.69, 9.17) is 4.74 Å². The molecular formula is C20H27N5O3S. The maximum absolute atomic E-state index is 12.2. The molecule has 0 aliphatic carbocycles. The number of rotatable bonds is 6. The molecule has 8 nitrogen and oxygen atoms in total. The molecule has 156 valence electrons. The van der Waals surface area contributed by atoms with E-state index in [9.17, 15) is 8.42 Å². The highest BCUT2D eigenvalue weighted by Crippen LogP contribution is 2.24. The van der Waals surface area contributed by atoms with Crippen LogP contribution in [0.5, 0.6) is 0 Å². The molecule has 29 heavy (non-hydrogen) atoms. The summed E-state index contributed by atoms with van der Waals surface area (Å²) >= 11 is 0. The topological polar surface area (TPSA) is 95.9 Å². The summed E-state index contributed by atoms with van der Waals surface area (Å²) in [6.45, 7) is 4.75. The summed E-state index contributed by atoms with van der Waals surface area (Å²) in [7, 11) is -1.84. The SMILES string of the molecule is CN=C(NCCNS(=O)(=O)c1cccnc1)N1CCOC(c2ccccc2C)C1. The van der Waals surface area contributed by atoms with Crippen molar-refractivity contribution in [1.29, 1.82) is 0 Å². The van der Waals surface area contributed by atoms with Gasteiger partial charge in [0, 0.05) is 39.1 Å². The zero-order chi connectivity index (χ0) is 20.7. The van der Waals surface area contributed by atoms with Crippen molar-refractivity contribution in [1.82, 2.24) is 19.9 Å². The Bertz CT molecular complexity index is 934. The number of pyridine rings is 1. The predicted molar refractivity (Wildman–Crippen MR) is 112 cm³/mol. The molecule has 2 aromatic rings. The van der Waals surface area contributed by atoms with E-state index in [1.165, 1.54) is 29.6 Å². The van der Waals surface area contributed by atoms with Crippen molar-refractivity contribution in [3.05, 3.63) is 59.9 Å². The summed E-state index contributed by atoms with van der Waals surface area (Å²) in [5.74, 6) is 0.729. The lowest BCUT2D eigenvalue weighted by Crippen LogP contribution is -2.49. The number of nitrogens with zero attached hydrogens (tertiary/aromatic N) is 3. The molecule has 0 radical (unpaired) electrons. The lowest BCUT2D eigenvalue weighted by Gasteiger charge is -2.35. The highest BCUT2D eigenvalue weighted by Gasteiger charge is 2.25. The Labute approximate surface area is 172 Å². The minimum Gasteiger partial charge on any atom is -0.370 e. The number of aryl methyl sites for hydroxylation is 1. The summed E-state index contributed by atoms with van der Waals surface area (Å²) in [6, 6.07) is 11.3. The number of morpholine rings is 1. The molecule has 1 fully saturated rings. The number of guanidine groups is 1. The normalized spacial score (nSPS) is 17.9. The standard InChI is InChI=1S/C20H27N5O3S/c1-16-6-3-4-8-18(16)19-15-25(12-13-28-19)20(21-2)23-10-11-24-29(26,27)17-7-5-9-22-14-17/h3-9,14,19,24H,10-13,15H2,1-2H3,(H,21,23). The summed E-state index contributed by atoms with van der Waals surface area (Å²) in [6.07, 6.45) is 2.85. The number of sulfonamides is 1. The molecule has 1 aromatic carbocycles. The number of nitrogens with one attached hydrogen (secondary N) is 2. The summed E-state index contributed by atoms with van der Waals surface area (Å²) < 4.78 is 33.0. The first kappa shape index (κ1) is 21.2. The van der Waals surface area contributed by atoms with E-state index in [1.807, 2.05) is 12.1 Å². The number of ether oxygens (including phenoxy) is 1. The van der Waals surface area contributed by atoms with Crippen LogP contribution in [0.25, 0.3) is 0 Å². The van der Waals surface area contributed by atoms with E-state index in [1.54, 1.807) is 13.1 Å². The molecule has 0 saturated carbocycles. The second-order valence-corrected chi connectivity index (χ2v) is 8.49. The second kappa shape index (κ2) is 9.82. The van der Waals surface area contributed by atoms with Crippen LogP contribution in [0.1, 0.15) is 17.2 Å². The van der Waals surface area contributed by atoms with Crippen LogP contribution >= 0.6 is 0 Å². The average molecular weight is 418 g/mol. The van der Waals surface area contributed by atoms with E-state index in [0.717, 1.165) is 12.5 Å². The van der Waals surface area contributed by atoms with Crippen molar-refractivity contribution in [2.24, 2.45) is 4.99 Å². The first-order valence-electron chi connectivity index (χ1n) is 9.53. The molecule has 1 aromatic heterocycles. The van der Waals surface area contributed by atoms with Gasteiger partial charge in [-0.2, -0.15) is 0 Å². The number of hydrogen-bond donors (Lipinski definition) is 2. The van der Waals surface area contributed by atoms with Crippen LogP contribution in [0, 0.1) is 6.92 Å². The second-order valence-electron chi connectivity index (χ2n) is 6.72. The first-order valence-corrected chi connectivity index (χ1v) is 11.0. The maximum atomic E-state index is 12.2. The molecule has 0 spiro atoms. The number of benzene rings is 1. The van der Waals surface area contributed by atoms with Crippen LogP contribution in [-0.2, 0) is 14.8 Å². The van der Waals surface area contributed by atoms with Gasteiger partial charge in [0.1, 0.15) is 11.0 Å². The van der Waals surface area contributed by atoms with Crippen LogP contribution in [0.4, 0.5) is 0 Å². The Morgan fingerprint density at radius 1 is 1.28 bits per heavy atom. The molecule has 1 saturated heterocycles. The molecule has 2 N–H and O–H groups in total. The van der Waals surface area contributed by atoms with Gasteiger partial charge in [-0.15, -0.1) is 0 Å². The monoisotopic (exact) mass is 417 g/mol. The zero-order valence-corrected chi connectivity index (χ0v) is 17.5. The molecule has 0 amide bonds. The predicted octanol–water partition coefficient (Wildman–Crippen LogP) is 1.32. The van der Waals surface area contributed by atoms with Gasteiger partial charge in [-0.05, 0) is 30.2 Å². The van der Waals surface area contributed by atoms with Gasteiger partial charge in [0.05, 0.1) is 13.2 Å². The summed E-state index contributed by atoms with van der Waals surface area (Å²) in [5.41, 5.74) is 2.38. The van der Waals surface area contributed by atoms with E-state index >= 15 is 0 Å². The summed E-state index contributed by atoms with van der Waals surface area (Å²) in [4.78, 5) is 10.5. The molecule has 1 atom stereocenters. The van der Waals surface area contributed by atoms with E-state index < -0.39 is 10.0 Å². The van der Waals surface area contributed by atoms with Gasteiger partial charge in [0.15, 0.2) is 5.96 Å². The van der Waals surface area contributed by atoms with Gasteiger partial charge >= 0.3 is 0 Å². The minimum atomic E-state index is -3.57. The quantitative estimate of drug-likeness (QED) is 0.418. The third kappa shape index (κ3) is 5.53. The fourth-order valence-electron chi connectivity index (χ4n) is 3.26. The molecule has 2 heterocycles. The number of hydrogen-bond acceptors (Lipinski definition) is 5. The van der Waals surface area contributed by atoms with Crippen molar-refractivity contribution < 1.29 is 13.2 Å². The Kier molecular flexibility index (Phi) is 7.18. The highest BCUT2D eigenvalue weighted by molar-refractivity contribution is 7.89. The van der Waals surface area contributed by atoms with Crippen LogP contribution in [-0.4, -0.2) is 64.1 Å². The molecular weight excluding hydrogens is 390 g/mol. The van der Waals surface area contributed by atoms with Crippen LogP contribution in [0.3, 0.4) is 0 Å². The minimum absolute atomic E-state index is 0.0208. The van der Waals surface area contributed by atoms with Crippen molar-refractivity contribution in [3.8, 4) is 0 Å². The first-order chi connectivity index (χ1) is 14.0. The molecule has 3 rings (SSSR count). The van der Waals surface area contributed by atoms with Gasteiger partial charge in [0.25, 0.3) is 0 Å². The van der Waals surface area contributed by atoms with Crippen molar-refractivity contribution in [3.63, 3.8) is 0 Å². The van der Waals surface area contributed by atoms with Crippen molar-refractivity contribution in [2.45, 2.75) is 17.9 Å². The molecule has 1 aliphatic rings. The van der Waals surface area contributed by atoms with Crippen LogP contribution in [0.2, 0.25) is 0 Å². The number of aromatic nitrogens is 1. The maximum Gasteiger partial charge on any atom is 0.242 e. The fourth-order valence-corrected chi connectivity index (χ4v) is 4.25. The van der Waals surface area contributed by atoms with Gasteiger partial charge in [0.2, 0.25) is 10.0 Å². The van der Waals surface area contributed by atoms with Crippen molar-refractivity contribution >= 4 is 16.0 Å². The van der Waals surface area contributed by atoms with Gasteiger partial charge in [-0.25, -0.2) is 13.1 Å². The third-order valence-corrected chi connectivity index (χ3v) is 6.20. The Balaban J connectivity index is 1.53. The molecule has 1 unspecified atom stereocenters. The smallest absolute Gasteiger partial charge is 0.242 e. The Morgan fingerprint density at radius 3 is 2.83 bits per heavy atom. The lowest BCUT2D eigenvalue weighted by atomic mass is 10.0. The molecule has 0 bridgehead atoms. The lowest BCUT2D eigenvalue weighted by molar-refractivity contribution is -0.00828. The van der Waals surface area contributed by atoms with Crippen LogP contribution in [0.15, 0.2) is 58.7 Å². The Morgan fingerprint density at radius 2 is 2.10 bits per heavy atom. The van der Waals surface area contributed by atoms with Crippen molar-refractivity contribution in [2.75, 3.05) is 39.8 Å². The molecule has 9 heteroatoms. The average Bonchev–Trinajstić information content (AvgIpc) is 2.75. The van der Waals surface area contributed by atoms with E-state index in [-0.39, 0.29) is 17.5 Å². The largest absolute Gasteiger partial charge is 0.370 e. The highest BCUT2D eigenvalue weighted by atomic mass is 32.2. The van der Waals surface area contributed by atoms with E-state index in [0.29, 0.717) is 19.7 Å². The van der Waals surface area contributed by atoms with Crippen LogP contribution < -0.4 is 10.0 Å². The summed E-state index contributed by atoms with van der Waals surface area (Å²) in [5, 5.41) is 3.23. The van der Waals surface area contributed by atoms with Gasteiger partial charge in [-0.3, -0.25) is 9.98 Å². The van der Waals surface area contributed by atoms with E-state index in [2.05, 4.69) is 44.0 Å². The number of aliphatic imine (C=N–C) groups is 1.